The van der Waals surface area contributed by atoms with E-state index in [2.05, 4.69) is 55.6 Å². The fraction of sp³-hybridized carbons (Fsp3) is 0.852. The molecule has 0 rings (SSSR count). The third-order valence-electron chi connectivity index (χ3n) is 13.5. The number of carbonyl (C=O) groups excluding carboxylic acids is 1. The Morgan fingerprint density at radius 1 is 0.369 bits per heavy atom. The highest BCUT2D eigenvalue weighted by Crippen LogP contribution is 2.17. The minimum absolute atomic E-state index is 0.0715. The monoisotopic (exact) mass is 910 g/mol. The van der Waals surface area contributed by atoms with Gasteiger partial charge >= 0.3 is 0 Å². The number of amides is 1. The van der Waals surface area contributed by atoms with Gasteiger partial charge in [-0.05, 0) is 64.2 Å². The summed E-state index contributed by atoms with van der Waals surface area (Å²) in [7, 11) is 0. The molecule has 0 saturated carbocycles. The molecule has 4 heteroatoms. The summed E-state index contributed by atoms with van der Waals surface area (Å²) >= 11 is 0. The van der Waals surface area contributed by atoms with E-state index in [1.807, 2.05) is 6.08 Å². The van der Waals surface area contributed by atoms with Crippen molar-refractivity contribution in [1.29, 1.82) is 0 Å². The van der Waals surface area contributed by atoms with Gasteiger partial charge in [0.05, 0.1) is 18.8 Å². The quantitative estimate of drug-likeness (QED) is 0.0421. The van der Waals surface area contributed by atoms with E-state index < -0.39 is 12.1 Å². The first-order valence-corrected chi connectivity index (χ1v) is 29.4. The van der Waals surface area contributed by atoms with E-state index in [9.17, 15) is 15.0 Å². The molecule has 4 nitrogen and oxygen atoms in total. The van der Waals surface area contributed by atoms with E-state index in [0.717, 1.165) is 38.5 Å². The number of allylic oxidation sites excluding steroid dienone is 7. The molecule has 0 fully saturated rings. The molecule has 0 spiro atoms. The SMILES string of the molecule is CCCCCCC/C=C\C/C=C\CCCCCCCCCCCCCCCC(=O)NC(CO)C(O)/C=C/CC/C=C/CCCCCCCCCCCCCCCCCCCCCCCC. The number of rotatable bonds is 54. The summed E-state index contributed by atoms with van der Waals surface area (Å²) in [5.74, 6) is -0.0715. The maximum absolute atomic E-state index is 12.5. The zero-order valence-electron chi connectivity index (χ0n) is 44.0. The molecule has 3 N–H and O–H groups in total. The zero-order chi connectivity index (χ0) is 47.0. The predicted molar refractivity (Wildman–Crippen MR) is 290 cm³/mol. The van der Waals surface area contributed by atoms with Crippen LogP contribution < -0.4 is 5.32 Å². The topological polar surface area (TPSA) is 69.6 Å². The van der Waals surface area contributed by atoms with Crippen LogP contribution in [0, 0.1) is 0 Å². The Balaban J connectivity index is 3.51. The zero-order valence-corrected chi connectivity index (χ0v) is 44.0. The molecule has 1 amide bonds. The number of carbonyl (C=O) groups is 1. The molecule has 0 aliphatic carbocycles. The number of aliphatic hydroxyl groups excluding tert-OH is 2. The predicted octanol–water partition coefficient (Wildman–Crippen LogP) is 19.4. The molecule has 0 radical (unpaired) electrons. The lowest BCUT2D eigenvalue weighted by Gasteiger charge is -2.19. The maximum Gasteiger partial charge on any atom is 0.220 e. The largest absolute Gasteiger partial charge is 0.394 e. The van der Waals surface area contributed by atoms with Crippen molar-refractivity contribution in [2.75, 3.05) is 6.61 Å². The Hall–Kier alpha value is -1.65. The summed E-state index contributed by atoms with van der Waals surface area (Å²) in [6, 6.07) is -0.641. The first-order valence-electron chi connectivity index (χ1n) is 29.4. The average Bonchev–Trinajstić information content (AvgIpc) is 3.31. The second kappa shape index (κ2) is 56.7. The van der Waals surface area contributed by atoms with Crippen molar-refractivity contribution in [3.63, 3.8) is 0 Å². The average molecular weight is 911 g/mol. The second-order valence-corrected chi connectivity index (χ2v) is 20.1. The van der Waals surface area contributed by atoms with Gasteiger partial charge in [-0.15, -0.1) is 0 Å². The van der Waals surface area contributed by atoms with Gasteiger partial charge in [-0.2, -0.15) is 0 Å². The molecule has 0 saturated heterocycles. The molecule has 382 valence electrons. The van der Waals surface area contributed by atoms with Crippen molar-refractivity contribution in [1.82, 2.24) is 5.32 Å². The Morgan fingerprint density at radius 3 is 0.985 bits per heavy atom. The fourth-order valence-corrected chi connectivity index (χ4v) is 9.05. The van der Waals surface area contributed by atoms with Gasteiger partial charge in [0.15, 0.2) is 0 Å². The molecule has 0 bridgehead atoms. The summed E-state index contributed by atoms with van der Waals surface area (Å²) in [6.45, 7) is 4.32. The van der Waals surface area contributed by atoms with Crippen molar-refractivity contribution < 1.29 is 15.0 Å². The van der Waals surface area contributed by atoms with Gasteiger partial charge in [-0.25, -0.2) is 0 Å². The third kappa shape index (κ3) is 53.2. The molecule has 0 aromatic carbocycles. The van der Waals surface area contributed by atoms with Gasteiger partial charge in [0, 0.05) is 6.42 Å². The molecular weight excluding hydrogens is 795 g/mol. The number of aliphatic hydroxyl groups is 2. The first-order chi connectivity index (χ1) is 32.2. The fourth-order valence-electron chi connectivity index (χ4n) is 9.05. The highest BCUT2D eigenvalue weighted by atomic mass is 16.3. The Kier molecular flexibility index (Phi) is 55.2. The number of hydrogen-bond donors (Lipinski definition) is 3. The number of unbranched alkanes of at least 4 members (excludes halogenated alkanes) is 41. The van der Waals surface area contributed by atoms with Crippen molar-refractivity contribution in [2.45, 2.75) is 328 Å². The van der Waals surface area contributed by atoms with E-state index in [-0.39, 0.29) is 12.5 Å². The van der Waals surface area contributed by atoms with Gasteiger partial charge < -0.3 is 15.5 Å². The van der Waals surface area contributed by atoms with Crippen LogP contribution in [0.2, 0.25) is 0 Å². The Morgan fingerprint density at radius 2 is 0.646 bits per heavy atom. The van der Waals surface area contributed by atoms with Crippen LogP contribution in [0.15, 0.2) is 48.6 Å². The van der Waals surface area contributed by atoms with Crippen LogP contribution in [0.4, 0.5) is 0 Å². The molecule has 2 unspecified atom stereocenters. The normalized spacial score (nSPS) is 13.1. The van der Waals surface area contributed by atoms with Crippen LogP contribution in [0.3, 0.4) is 0 Å². The van der Waals surface area contributed by atoms with E-state index in [1.54, 1.807) is 6.08 Å². The van der Waals surface area contributed by atoms with E-state index in [4.69, 9.17) is 0 Å². The molecule has 0 aliphatic rings. The van der Waals surface area contributed by atoms with E-state index in [0.29, 0.717) is 6.42 Å². The third-order valence-corrected chi connectivity index (χ3v) is 13.5. The van der Waals surface area contributed by atoms with Crippen LogP contribution in [0.5, 0.6) is 0 Å². The first kappa shape index (κ1) is 63.4. The molecule has 0 aromatic rings. The lowest BCUT2D eigenvalue weighted by Crippen LogP contribution is -2.45. The smallest absolute Gasteiger partial charge is 0.220 e. The standard InChI is InChI=1S/C61H115NO3/c1-3-5-7-9-11-13-15-17-19-21-23-25-27-29-30-31-33-34-36-38-40-42-44-46-48-50-52-54-56-60(64)59(58-63)62-61(65)57-55-53-51-49-47-45-43-41-39-37-35-32-28-26-24-22-20-18-16-14-12-10-8-6-4-2/h16,18,22,24,46,48,54,56,59-60,63-64H,3-15,17,19-21,23,25-45,47,49-53,55,57-58H2,1-2H3,(H,62,65)/b18-16-,24-22-,48-46+,56-54+. The van der Waals surface area contributed by atoms with Crippen LogP contribution in [0.1, 0.15) is 316 Å². The van der Waals surface area contributed by atoms with E-state index >= 15 is 0 Å². The van der Waals surface area contributed by atoms with Crippen molar-refractivity contribution in [3.8, 4) is 0 Å². The van der Waals surface area contributed by atoms with Crippen LogP contribution >= 0.6 is 0 Å². The lowest BCUT2D eigenvalue weighted by molar-refractivity contribution is -0.123. The van der Waals surface area contributed by atoms with Crippen LogP contribution in [0.25, 0.3) is 0 Å². The Labute approximate surface area is 407 Å². The highest BCUT2D eigenvalue weighted by Gasteiger charge is 2.18. The van der Waals surface area contributed by atoms with Gasteiger partial charge in [0.2, 0.25) is 5.91 Å². The summed E-state index contributed by atoms with van der Waals surface area (Å²) in [5, 5.41) is 23.2. The van der Waals surface area contributed by atoms with Gasteiger partial charge in [0.1, 0.15) is 0 Å². The Bertz CT molecular complexity index is 1030. The summed E-state index contributed by atoms with van der Waals surface area (Å²) in [4.78, 5) is 12.5. The lowest BCUT2D eigenvalue weighted by atomic mass is 10.0. The maximum atomic E-state index is 12.5. The highest BCUT2D eigenvalue weighted by molar-refractivity contribution is 5.76. The molecule has 0 heterocycles. The van der Waals surface area contributed by atoms with Crippen molar-refractivity contribution in [2.24, 2.45) is 0 Å². The van der Waals surface area contributed by atoms with Gasteiger partial charge in [-0.3, -0.25) is 4.79 Å². The van der Waals surface area contributed by atoms with Gasteiger partial charge in [-0.1, -0.05) is 294 Å². The van der Waals surface area contributed by atoms with E-state index in [1.165, 1.54) is 257 Å². The summed E-state index contributed by atoms with van der Waals surface area (Å²) in [6.07, 6.45) is 78.6. The minimum Gasteiger partial charge on any atom is -0.394 e. The summed E-state index contributed by atoms with van der Waals surface area (Å²) < 4.78 is 0. The molecule has 0 aliphatic heterocycles. The van der Waals surface area contributed by atoms with Gasteiger partial charge in [0.25, 0.3) is 0 Å². The number of nitrogens with one attached hydrogen (secondary N) is 1. The van der Waals surface area contributed by atoms with Crippen molar-refractivity contribution >= 4 is 5.91 Å². The van der Waals surface area contributed by atoms with Crippen molar-refractivity contribution in [3.05, 3.63) is 48.6 Å². The van der Waals surface area contributed by atoms with Crippen LogP contribution in [-0.2, 0) is 4.79 Å². The molecule has 0 aromatic heterocycles. The summed E-state index contributed by atoms with van der Waals surface area (Å²) in [5.41, 5.74) is 0. The minimum atomic E-state index is -0.864. The molecule has 65 heavy (non-hydrogen) atoms. The van der Waals surface area contributed by atoms with Crippen LogP contribution in [-0.4, -0.2) is 34.9 Å². The number of hydrogen-bond acceptors (Lipinski definition) is 3. The molecule has 2 atom stereocenters. The molecular formula is C61H115NO3. The second-order valence-electron chi connectivity index (χ2n) is 20.1.